The number of nitrogens with one attached hydrogen (secondary N) is 1. The van der Waals surface area contributed by atoms with Crippen molar-refractivity contribution in [3.05, 3.63) is 18.6 Å². The molecule has 0 bridgehead atoms. The van der Waals surface area contributed by atoms with Gasteiger partial charge < -0.3 is 10.1 Å². The molecule has 1 aliphatic heterocycles. The average molecular weight is 219 g/mol. The van der Waals surface area contributed by atoms with Crippen molar-refractivity contribution >= 4 is 5.82 Å². The maximum Gasteiger partial charge on any atom is 0.144 e. The van der Waals surface area contributed by atoms with Crippen molar-refractivity contribution in [3.8, 4) is 0 Å². The number of rotatable bonds is 2. The first-order valence-corrected chi connectivity index (χ1v) is 6.07. The van der Waals surface area contributed by atoms with Crippen LogP contribution in [0.25, 0.3) is 0 Å². The van der Waals surface area contributed by atoms with Gasteiger partial charge in [0.15, 0.2) is 0 Å². The van der Waals surface area contributed by atoms with Gasteiger partial charge in [-0.25, -0.2) is 4.98 Å². The molecule has 3 atom stereocenters. The van der Waals surface area contributed by atoms with Crippen LogP contribution in [0.4, 0.5) is 5.82 Å². The zero-order chi connectivity index (χ0) is 10.8. The van der Waals surface area contributed by atoms with Crippen LogP contribution < -0.4 is 5.32 Å². The number of hydrogen-bond donors (Lipinski definition) is 1. The largest absolute Gasteiger partial charge is 0.378 e. The molecule has 0 unspecified atom stereocenters. The van der Waals surface area contributed by atoms with E-state index in [1.165, 1.54) is 25.7 Å². The zero-order valence-electron chi connectivity index (χ0n) is 9.30. The molecule has 2 fully saturated rings. The quantitative estimate of drug-likeness (QED) is 0.824. The van der Waals surface area contributed by atoms with Gasteiger partial charge >= 0.3 is 0 Å². The first kappa shape index (κ1) is 10.0. The Morgan fingerprint density at radius 1 is 1.25 bits per heavy atom. The molecule has 4 nitrogen and oxygen atoms in total. The van der Waals surface area contributed by atoms with Gasteiger partial charge in [-0.1, -0.05) is 0 Å². The molecule has 16 heavy (non-hydrogen) atoms. The van der Waals surface area contributed by atoms with Gasteiger partial charge in [-0.15, -0.1) is 0 Å². The van der Waals surface area contributed by atoms with Gasteiger partial charge in [0.25, 0.3) is 0 Å². The number of fused-ring (bicyclic) bond motifs is 1. The second-order valence-corrected chi connectivity index (χ2v) is 4.63. The van der Waals surface area contributed by atoms with E-state index in [4.69, 9.17) is 4.74 Å². The summed E-state index contributed by atoms with van der Waals surface area (Å²) in [6.07, 6.45) is 10.6. The lowest BCUT2D eigenvalue weighted by Crippen LogP contribution is -2.38. The van der Waals surface area contributed by atoms with E-state index in [-0.39, 0.29) is 0 Å². The van der Waals surface area contributed by atoms with Crippen LogP contribution in [0.3, 0.4) is 0 Å². The Kier molecular flexibility index (Phi) is 2.74. The van der Waals surface area contributed by atoms with Crippen LogP contribution in [0.5, 0.6) is 0 Å². The monoisotopic (exact) mass is 219 g/mol. The van der Waals surface area contributed by atoms with E-state index in [0.717, 1.165) is 12.4 Å². The van der Waals surface area contributed by atoms with E-state index in [1.807, 2.05) is 0 Å². The Labute approximate surface area is 95.4 Å². The van der Waals surface area contributed by atoms with Gasteiger partial charge in [-0.05, 0) is 25.7 Å². The van der Waals surface area contributed by atoms with Crippen LogP contribution in [0, 0.1) is 5.92 Å². The summed E-state index contributed by atoms with van der Waals surface area (Å²) in [6.45, 7) is 0.925. The first-order chi connectivity index (χ1) is 7.93. The van der Waals surface area contributed by atoms with E-state index in [0.29, 0.717) is 18.1 Å². The highest BCUT2D eigenvalue weighted by Gasteiger charge is 2.37. The Morgan fingerprint density at radius 3 is 3.12 bits per heavy atom. The molecule has 1 saturated carbocycles. The molecule has 1 saturated heterocycles. The number of aromatic nitrogens is 2. The molecule has 86 valence electrons. The van der Waals surface area contributed by atoms with Gasteiger partial charge in [0.2, 0.25) is 0 Å². The Hall–Kier alpha value is -1.16. The number of ether oxygens (including phenoxy) is 1. The molecule has 2 aliphatic rings. The van der Waals surface area contributed by atoms with Crippen molar-refractivity contribution in [2.24, 2.45) is 5.92 Å². The van der Waals surface area contributed by atoms with E-state index < -0.39 is 0 Å². The highest BCUT2D eigenvalue weighted by Crippen LogP contribution is 2.35. The molecule has 0 amide bonds. The van der Waals surface area contributed by atoms with Crippen LogP contribution in [-0.2, 0) is 4.74 Å². The van der Waals surface area contributed by atoms with Gasteiger partial charge in [-0.3, -0.25) is 4.98 Å². The minimum Gasteiger partial charge on any atom is -0.378 e. The lowest BCUT2D eigenvalue weighted by atomic mass is 9.82. The van der Waals surface area contributed by atoms with Crippen LogP contribution in [0.15, 0.2) is 18.6 Å². The van der Waals surface area contributed by atoms with Crippen molar-refractivity contribution in [2.75, 3.05) is 11.9 Å². The summed E-state index contributed by atoms with van der Waals surface area (Å²) in [5, 5.41) is 3.50. The number of hydrogen-bond acceptors (Lipinski definition) is 4. The van der Waals surface area contributed by atoms with Crippen molar-refractivity contribution in [2.45, 2.75) is 37.8 Å². The van der Waals surface area contributed by atoms with E-state index in [1.54, 1.807) is 18.6 Å². The maximum absolute atomic E-state index is 5.75. The second-order valence-electron chi connectivity index (χ2n) is 4.63. The zero-order valence-corrected chi connectivity index (χ0v) is 9.30. The molecule has 3 rings (SSSR count). The highest BCUT2D eigenvalue weighted by atomic mass is 16.5. The molecule has 1 aliphatic carbocycles. The van der Waals surface area contributed by atoms with Crippen LogP contribution in [0.1, 0.15) is 25.7 Å². The molecule has 4 heteroatoms. The summed E-state index contributed by atoms with van der Waals surface area (Å²) >= 11 is 0. The SMILES string of the molecule is c1cnc(N[C@@H]2CCC[C@@H]3OCC[C@@H]32)cn1. The minimum atomic E-state index is 0.475. The minimum absolute atomic E-state index is 0.475. The van der Waals surface area contributed by atoms with Gasteiger partial charge in [-0.2, -0.15) is 0 Å². The molecule has 2 heterocycles. The highest BCUT2D eigenvalue weighted by molar-refractivity contribution is 5.32. The molecule has 0 spiro atoms. The summed E-state index contributed by atoms with van der Waals surface area (Å²) in [4.78, 5) is 8.35. The van der Waals surface area contributed by atoms with Crippen molar-refractivity contribution in [1.82, 2.24) is 9.97 Å². The molecule has 1 aromatic heterocycles. The predicted octanol–water partition coefficient (Wildman–Crippen LogP) is 1.85. The maximum atomic E-state index is 5.75. The standard InChI is InChI=1S/C12H17N3O/c1-2-10(9-4-7-16-11(9)3-1)15-12-8-13-5-6-14-12/h5-6,8-11H,1-4,7H2,(H,14,15)/t9-,10-,11+/m1/s1. The van der Waals surface area contributed by atoms with Crippen LogP contribution >= 0.6 is 0 Å². The van der Waals surface area contributed by atoms with Crippen molar-refractivity contribution in [3.63, 3.8) is 0 Å². The molecule has 0 aromatic carbocycles. The van der Waals surface area contributed by atoms with Gasteiger partial charge in [0.1, 0.15) is 5.82 Å². The Bertz CT molecular complexity index is 343. The molecular weight excluding hydrogens is 202 g/mol. The summed E-state index contributed by atoms with van der Waals surface area (Å²) in [7, 11) is 0. The summed E-state index contributed by atoms with van der Waals surface area (Å²) in [5.41, 5.74) is 0. The fraction of sp³-hybridized carbons (Fsp3) is 0.667. The third kappa shape index (κ3) is 1.89. The summed E-state index contributed by atoms with van der Waals surface area (Å²) in [5.74, 6) is 1.55. The van der Waals surface area contributed by atoms with Crippen molar-refractivity contribution in [1.29, 1.82) is 0 Å². The third-order valence-electron chi connectivity index (χ3n) is 3.68. The molecular formula is C12H17N3O. The Balaban J connectivity index is 1.70. The lowest BCUT2D eigenvalue weighted by Gasteiger charge is -2.33. The van der Waals surface area contributed by atoms with Crippen LogP contribution in [-0.4, -0.2) is 28.7 Å². The third-order valence-corrected chi connectivity index (χ3v) is 3.68. The molecule has 1 aromatic rings. The second kappa shape index (κ2) is 4.37. The fourth-order valence-electron chi connectivity index (χ4n) is 2.92. The number of nitrogens with zero attached hydrogens (tertiary/aromatic N) is 2. The first-order valence-electron chi connectivity index (χ1n) is 6.07. The fourth-order valence-corrected chi connectivity index (χ4v) is 2.92. The van der Waals surface area contributed by atoms with Gasteiger partial charge in [0.05, 0.1) is 12.3 Å². The topological polar surface area (TPSA) is 47.0 Å². The summed E-state index contributed by atoms with van der Waals surface area (Å²) < 4.78 is 5.75. The van der Waals surface area contributed by atoms with Crippen LogP contribution in [0.2, 0.25) is 0 Å². The smallest absolute Gasteiger partial charge is 0.144 e. The van der Waals surface area contributed by atoms with Crippen molar-refractivity contribution < 1.29 is 4.74 Å². The normalized spacial score (nSPS) is 33.4. The Morgan fingerprint density at radius 2 is 2.25 bits per heavy atom. The van der Waals surface area contributed by atoms with E-state index in [9.17, 15) is 0 Å². The van der Waals surface area contributed by atoms with E-state index in [2.05, 4.69) is 15.3 Å². The van der Waals surface area contributed by atoms with Gasteiger partial charge in [0, 0.05) is 31.0 Å². The molecule has 1 N–H and O–H groups in total. The predicted molar refractivity (Wildman–Crippen MR) is 61.1 cm³/mol. The average Bonchev–Trinajstić information content (AvgIpc) is 2.80. The molecule has 0 radical (unpaired) electrons. The summed E-state index contributed by atoms with van der Waals surface area (Å²) in [6, 6.07) is 0.512. The number of anilines is 1. The lowest BCUT2D eigenvalue weighted by molar-refractivity contribution is 0.0619. The van der Waals surface area contributed by atoms with E-state index >= 15 is 0 Å².